The van der Waals surface area contributed by atoms with Crippen molar-refractivity contribution in [2.75, 3.05) is 33.3 Å². The van der Waals surface area contributed by atoms with Gasteiger partial charge in [-0.05, 0) is 51.3 Å². The van der Waals surface area contributed by atoms with Crippen molar-refractivity contribution in [2.45, 2.75) is 45.2 Å². The number of aliphatic imine (C=N–C) groups is 1. The average molecular weight is 401 g/mol. The molecule has 5 nitrogen and oxygen atoms in total. The Bertz CT molecular complexity index is 587. The number of guanidine groups is 1. The number of hydrogen-bond donors (Lipinski definition) is 2. The highest BCUT2D eigenvalue weighted by Crippen LogP contribution is 2.27. The molecule has 1 heterocycles. The summed E-state index contributed by atoms with van der Waals surface area (Å²) in [5.74, 6) is 1.52. The van der Waals surface area contributed by atoms with Crippen molar-refractivity contribution in [1.82, 2.24) is 15.5 Å². The molecule has 0 saturated carbocycles. The van der Waals surface area contributed by atoms with Gasteiger partial charge in [-0.3, -0.25) is 4.99 Å². The Morgan fingerprint density at radius 2 is 2.04 bits per heavy atom. The quantitative estimate of drug-likeness (QED) is 0.415. The van der Waals surface area contributed by atoms with Gasteiger partial charge in [0.25, 0.3) is 0 Å². The summed E-state index contributed by atoms with van der Waals surface area (Å²) in [7, 11) is 1.81. The minimum atomic E-state index is 0.486. The van der Waals surface area contributed by atoms with Crippen molar-refractivity contribution in [3.05, 3.63) is 28.2 Å². The fourth-order valence-corrected chi connectivity index (χ4v) is 3.46. The SMILES string of the molecule is CN=C(NCCCOc1ccc(Cl)cc1Cl)NC1CCN(C(C)C)CC1. The van der Waals surface area contributed by atoms with E-state index in [9.17, 15) is 0 Å². The summed E-state index contributed by atoms with van der Waals surface area (Å²) in [4.78, 5) is 6.84. The van der Waals surface area contributed by atoms with Crippen molar-refractivity contribution < 1.29 is 4.74 Å². The molecule has 2 N–H and O–H groups in total. The molecule has 2 rings (SSSR count). The van der Waals surface area contributed by atoms with Gasteiger partial charge in [-0.15, -0.1) is 0 Å². The van der Waals surface area contributed by atoms with Crippen LogP contribution in [0, 0.1) is 0 Å². The van der Waals surface area contributed by atoms with Crippen LogP contribution in [0.15, 0.2) is 23.2 Å². The molecular formula is C19H30Cl2N4O. The summed E-state index contributed by atoms with van der Waals surface area (Å²) in [6.07, 6.45) is 3.15. The fourth-order valence-electron chi connectivity index (χ4n) is 3.00. The fraction of sp³-hybridized carbons (Fsp3) is 0.632. The zero-order valence-corrected chi connectivity index (χ0v) is 17.4. The minimum Gasteiger partial charge on any atom is -0.492 e. The van der Waals surface area contributed by atoms with E-state index in [0.29, 0.717) is 34.5 Å². The first kappa shape index (κ1) is 21.1. The van der Waals surface area contributed by atoms with Crippen molar-refractivity contribution in [3.8, 4) is 5.75 Å². The van der Waals surface area contributed by atoms with Crippen LogP contribution in [0.5, 0.6) is 5.75 Å². The van der Waals surface area contributed by atoms with Crippen molar-refractivity contribution in [2.24, 2.45) is 4.99 Å². The van der Waals surface area contributed by atoms with E-state index in [1.165, 1.54) is 0 Å². The van der Waals surface area contributed by atoms with E-state index in [1.54, 1.807) is 18.2 Å². The first-order valence-electron chi connectivity index (χ1n) is 9.28. The van der Waals surface area contributed by atoms with E-state index in [1.807, 2.05) is 7.05 Å². The lowest BCUT2D eigenvalue weighted by atomic mass is 10.0. The van der Waals surface area contributed by atoms with E-state index < -0.39 is 0 Å². The molecule has 0 atom stereocenters. The number of likely N-dealkylation sites (tertiary alicyclic amines) is 1. The maximum absolute atomic E-state index is 6.10. The van der Waals surface area contributed by atoms with Gasteiger partial charge >= 0.3 is 0 Å². The van der Waals surface area contributed by atoms with Crippen LogP contribution in [0.1, 0.15) is 33.1 Å². The third-order valence-corrected chi connectivity index (χ3v) is 5.12. The van der Waals surface area contributed by atoms with Crippen LogP contribution < -0.4 is 15.4 Å². The summed E-state index contributed by atoms with van der Waals surface area (Å²) in [6.45, 7) is 8.17. The molecule has 146 valence electrons. The lowest BCUT2D eigenvalue weighted by molar-refractivity contribution is 0.167. The van der Waals surface area contributed by atoms with Crippen LogP contribution in [0.2, 0.25) is 10.0 Å². The topological polar surface area (TPSA) is 48.9 Å². The van der Waals surface area contributed by atoms with E-state index in [2.05, 4.69) is 34.4 Å². The number of ether oxygens (including phenoxy) is 1. The van der Waals surface area contributed by atoms with Gasteiger partial charge < -0.3 is 20.3 Å². The molecule has 1 fully saturated rings. The van der Waals surface area contributed by atoms with E-state index >= 15 is 0 Å². The molecular weight excluding hydrogens is 371 g/mol. The largest absolute Gasteiger partial charge is 0.492 e. The summed E-state index contributed by atoms with van der Waals surface area (Å²) < 4.78 is 5.69. The van der Waals surface area contributed by atoms with Crippen LogP contribution in [0.4, 0.5) is 0 Å². The number of nitrogens with one attached hydrogen (secondary N) is 2. The van der Waals surface area contributed by atoms with Gasteiger partial charge in [-0.1, -0.05) is 23.2 Å². The molecule has 7 heteroatoms. The molecule has 26 heavy (non-hydrogen) atoms. The molecule has 1 aromatic carbocycles. The van der Waals surface area contributed by atoms with Gasteiger partial charge in [-0.2, -0.15) is 0 Å². The van der Waals surface area contributed by atoms with Gasteiger partial charge in [0.2, 0.25) is 0 Å². The number of nitrogens with zero attached hydrogens (tertiary/aromatic N) is 2. The smallest absolute Gasteiger partial charge is 0.191 e. The third kappa shape index (κ3) is 6.86. The maximum atomic E-state index is 6.10. The minimum absolute atomic E-state index is 0.486. The second-order valence-corrected chi connectivity index (χ2v) is 7.67. The molecule has 0 amide bonds. The van der Waals surface area contributed by atoms with Crippen LogP contribution in [-0.2, 0) is 0 Å². The highest BCUT2D eigenvalue weighted by Gasteiger charge is 2.21. The monoisotopic (exact) mass is 400 g/mol. The third-order valence-electron chi connectivity index (χ3n) is 4.59. The van der Waals surface area contributed by atoms with Gasteiger partial charge in [0.1, 0.15) is 5.75 Å². The lowest BCUT2D eigenvalue weighted by Gasteiger charge is -2.35. The summed E-state index contributed by atoms with van der Waals surface area (Å²) in [5, 5.41) is 8.02. The summed E-state index contributed by atoms with van der Waals surface area (Å²) >= 11 is 12.0. The normalized spacial score (nSPS) is 16.8. The molecule has 1 aliphatic heterocycles. The number of rotatable bonds is 7. The predicted octanol–water partition coefficient (Wildman–Crippen LogP) is 3.80. The van der Waals surface area contributed by atoms with Crippen molar-refractivity contribution in [1.29, 1.82) is 0 Å². The first-order chi connectivity index (χ1) is 12.5. The van der Waals surface area contributed by atoms with Crippen LogP contribution in [-0.4, -0.2) is 56.2 Å². The number of halogens is 2. The van der Waals surface area contributed by atoms with E-state index in [-0.39, 0.29) is 0 Å². The Labute approximate surface area is 167 Å². The Hall–Kier alpha value is -1.17. The van der Waals surface area contributed by atoms with Gasteiger partial charge in [0.15, 0.2) is 5.96 Å². The van der Waals surface area contributed by atoms with Crippen molar-refractivity contribution >= 4 is 29.2 Å². The van der Waals surface area contributed by atoms with E-state index in [4.69, 9.17) is 27.9 Å². The molecule has 0 bridgehead atoms. The molecule has 0 unspecified atom stereocenters. The Morgan fingerprint density at radius 3 is 2.65 bits per heavy atom. The molecule has 1 aliphatic rings. The Kier molecular flexibility index (Phi) is 8.82. The molecule has 0 spiro atoms. The number of piperidine rings is 1. The Morgan fingerprint density at radius 1 is 1.31 bits per heavy atom. The summed E-state index contributed by atoms with van der Waals surface area (Å²) in [5.41, 5.74) is 0. The average Bonchev–Trinajstić information content (AvgIpc) is 2.62. The van der Waals surface area contributed by atoms with Crippen molar-refractivity contribution in [3.63, 3.8) is 0 Å². The lowest BCUT2D eigenvalue weighted by Crippen LogP contribution is -2.50. The molecule has 0 radical (unpaired) electrons. The molecule has 1 saturated heterocycles. The van der Waals surface area contributed by atoms with Gasteiger partial charge in [-0.25, -0.2) is 0 Å². The number of hydrogen-bond acceptors (Lipinski definition) is 3. The Balaban J connectivity index is 1.63. The molecule has 1 aromatic rings. The summed E-state index contributed by atoms with van der Waals surface area (Å²) in [6, 6.07) is 6.37. The number of benzene rings is 1. The second kappa shape index (κ2) is 10.9. The van der Waals surface area contributed by atoms with E-state index in [0.717, 1.165) is 44.9 Å². The molecule has 0 aliphatic carbocycles. The standard InChI is InChI=1S/C19H30Cl2N4O/c1-14(2)25-10-7-16(8-11-25)24-19(22-3)23-9-4-12-26-18-6-5-15(20)13-17(18)21/h5-6,13-14,16H,4,7-12H2,1-3H3,(H2,22,23,24). The highest BCUT2D eigenvalue weighted by molar-refractivity contribution is 6.35. The molecule has 0 aromatic heterocycles. The van der Waals surface area contributed by atoms with Gasteiger partial charge in [0, 0.05) is 43.8 Å². The predicted molar refractivity (Wildman–Crippen MR) is 111 cm³/mol. The highest BCUT2D eigenvalue weighted by atomic mass is 35.5. The maximum Gasteiger partial charge on any atom is 0.191 e. The van der Waals surface area contributed by atoms with Crippen LogP contribution >= 0.6 is 23.2 Å². The van der Waals surface area contributed by atoms with Gasteiger partial charge in [0.05, 0.1) is 11.6 Å². The first-order valence-corrected chi connectivity index (χ1v) is 10.0. The zero-order chi connectivity index (χ0) is 18.9. The second-order valence-electron chi connectivity index (χ2n) is 6.82. The van der Waals surface area contributed by atoms with Crippen LogP contribution in [0.25, 0.3) is 0 Å². The zero-order valence-electron chi connectivity index (χ0n) is 15.9. The van der Waals surface area contributed by atoms with Crippen LogP contribution in [0.3, 0.4) is 0 Å².